The number of hydrogen-bond acceptors (Lipinski definition) is 5. The van der Waals surface area contributed by atoms with E-state index in [4.69, 9.17) is 4.74 Å². The lowest BCUT2D eigenvalue weighted by atomic mass is 10.0. The number of carboxylic acids is 1. The topological polar surface area (TPSA) is 70.1 Å². The molecule has 1 N–H and O–H groups in total. The summed E-state index contributed by atoms with van der Waals surface area (Å²) in [5, 5.41) is 9.61. The molecular weight excluding hydrogens is 492 g/mol. The number of ether oxygens (including phenoxy) is 1. The van der Waals surface area contributed by atoms with Gasteiger partial charge in [0.05, 0.1) is 23.3 Å². The van der Waals surface area contributed by atoms with Crippen LogP contribution in [0.15, 0.2) is 70.5 Å². The maximum atomic E-state index is 14.0. The number of anilines is 2. The van der Waals surface area contributed by atoms with Gasteiger partial charge in [-0.05, 0) is 55.1 Å². The molecule has 2 atom stereocenters. The SMILES string of the molecule is CCCCC1CN(c2ccccc2)c2cc(SC)c(-c3cc(C(=O)O)ccc3OC)cc2S(=O)N1C. The van der Waals surface area contributed by atoms with Crippen molar-refractivity contribution in [2.75, 3.05) is 31.9 Å². The molecule has 1 heterocycles. The molecule has 3 aromatic carbocycles. The highest BCUT2D eigenvalue weighted by Crippen LogP contribution is 2.44. The second-order valence-electron chi connectivity index (χ2n) is 8.78. The third-order valence-corrected chi connectivity index (χ3v) is 8.93. The molecule has 0 bridgehead atoms. The Labute approximate surface area is 219 Å². The van der Waals surface area contributed by atoms with Crippen LogP contribution < -0.4 is 9.64 Å². The van der Waals surface area contributed by atoms with Gasteiger partial charge in [-0.1, -0.05) is 38.0 Å². The first kappa shape index (κ1) is 26.3. The molecule has 1 aliphatic rings. The molecule has 3 aromatic rings. The van der Waals surface area contributed by atoms with E-state index in [1.54, 1.807) is 31.0 Å². The van der Waals surface area contributed by atoms with E-state index in [9.17, 15) is 14.1 Å². The van der Waals surface area contributed by atoms with Crippen molar-refractivity contribution in [2.24, 2.45) is 0 Å². The number of fused-ring (bicyclic) bond motifs is 1. The predicted molar refractivity (Wildman–Crippen MR) is 148 cm³/mol. The zero-order valence-electron chi connectivity index (χ0n) is 21.1. The van der Waals surface area contributed by atoms with Crippen LogP contribution in [-0.2, 0) is 11.0 Å². The average molecular weight is 525 g/mol. The van der Waals surface area contributed by atoms with Gasteiger partial charge in [0.25, 0.3) is 0 Å². The van der Waals surface area contributed by atoms with Crippen molar-refractivity contribution in [1.82, 2.24) is 4.31 Å². The van der Waals surface area contributed by atoms with E-state index in [1.807, 2.05) is 41.9 Å². The van der Waals surface area contributed by atoms with E-state index in [0.29, 0.717) is 16.2 Å². The van der Waals surface area contributed by atoms with E-state index in [-0.39, 0.29) is 11.6 Å². The van der Waals surface area contributed by atoms with Crippen molar-refractivity contribution in [3.63, 3.8) is 0 Å². The smallest absolute Gasteiger partial charge is 0.335 e. The fraction of sp³-hybridized carbons (Fsp3) is 0.321. The van der Waals surface area contributed by atoms with Gasteiger partial charge in [-0.2, -0.15) is 0 Å². The molecule has 36 heavy (non-hydrogen) atoms. The van der Waals surface area contributed by atoms with Gasteiger partial charge in [0, 0.05) is 41.3 Å². The van der Waals surface area contributed by atoms with Gasteiger partial charge >= 0.3 is 5.97 Å². The first-order chi connectivity index (χ1) is 17.4. The summed E-state index contributed by atoms with van der Waals surface area (Å²) < 4.78 is 21.6. The Hall–Kier alpha value is -2.81. The number of likely N-dealkylation sites (N-methyl/N-ethyl adjacent to an activating group) is 1. The molecule has 2 unspecified atom stereocenters. The number of methoxy groups -OCH3 is 1. The molecule has 8 heteroatoms. The number of nitrogens with zero attached hydrogens (tertiary/aromatic N) is 2. The fourth-order valence-electron chi connectivity index (χ4n) is 4.61. The summed E-state index contributed by atoms with van der Waals surface area (Å²) in [5.74, 6) is -0.430. The standard InChI is InChI=1S/C28H32N2O4S2/c1-5-6-10-21-18-30(20-11-8-7-9-12-20)24-17-26(35-4)23(16-27(24)36(33)29(21)2)22-15-19(28(31)32)13-14-25(22)34-3/h7-9,11-17,21H,5-6,10,18H2,1-4H3,(H,31,32). The van der Waals surface area contributed by atoms with Crippen molar-refractivity contribution in [3.05, 3.63) is 66.2 Å². The molecule has 0 saturated heterocycles. The third-order valence-electron chi connectivity index (χ3n) is 6.62. The summed E-state index contributed by atoms with van der Waals surface area (Å²) in [6.45, 7) is 2.90. The molecule has 4 rings (SSSR count). The summed E-state index contributed by atoms with van der Waals surface area (Å²) in [6, 6.07) is 19.2. The van der Waals surface area contributed by atoms with Crippen LogP contribution in [0.25, 0.3) is 11.1 Å². The predicted octanol–water partition coefficient (Wildman–Crippen LogP) is 6.45. The molecule has 0 radical (unpaired) electrons. The molecule has 0 spiro atoms. The summed E-state index contributed by atoms with van der Waals surface area (Å²) >= 11 is 1.58. The lowest BCUT2D eigenvalue weighted by Gasteiger charge is -2.30. The number of benzene rings is 3. The van der Waals surface area contributed by atoms with Gasteiger partial charge in [0.1, 0.15) is 16.7 Å². The van der Waals surface area contributed by atoms with E-state index in [2.05, 4.69) is 30.0 Å². The maximum absolute atomic E-state index is 14.0. The van der Waals surface area contributed by atoms with Crippen LogP contribution in [0.3, 0.4) is 0 Å². The minimum Gasteiger partial charge on any atom is -0.496 e. The minimum atomic E-state index is -1.40. The van der Waals surface area contributed by atoms with Crippen LogP contribution in [0.1, 0.15) is 36.5 Å². The van der Waals surface area contributed by atoms with E-state index >= 15 is 0 Å². The van der Waals surface area contributed by atoms with Crippen molar-refractivity contribution in [1.29, 1.82) is 0 Å². The number of rotatable bonds is 8. The highest BCUT2D eigenvalue weighted by atomic mass is 32.2. The Morgan fingerprint density at radius 2 is 1.89 bits per heavy atom. The molecule has 0 saturated carbocycles. The number of carbonyl (C=O) groups is 1. The molecule has 0 aliphatic carbocycles. The zero-order chi connectivity index (χ0) is 25.8. The highest BCUT2D eigenvalue weighted by Gasteiger charge is 2.32. The second-order valence-corrected chi connectivity index (χ2v) is 11.1. The summed E-state index contributed by atoms with van der Waals surface area (Å²) in [7, 11) is 2.11. The van der Waals surface area contributed by atoms with Crippen LogP contribution in [0.2, 0.25) is 0 Å². The third kappa shape index (κ3) is 5.16. The molecule has 0 amide bonds. The van der Waals surface area contributed by atoms with Gasteiger partial charge in [-0.3, -0.25) is 0 Å². The van der Waals surface area contributed by atoms with E-state index in [1.165, 1.54) is 6.07 Å². The Morgan fingerprint density at radius 1 is 1.14 bits per heavy atom. The Morgan fingerprint density at radius 3 is 2.53 bits per heavy atom. The molecule has 190 valence electrons. The number of thioether (sulfide) groups is 1. The van der Waals surface area contributed by atoms with Gasteiger partial charge in [0.2, 0.25) is 0 Å². The lowest BCUT2D eigenvalue weighted by molar-refractivity contribution is 0.0697. The van der Waals surface area contributed by atoms with Crippen molar-refractivity contribution in [2.45, 2.75) is 42.0 Å². The van der Waals surface area contributed by atoms with E-state index < -0.39 is 17.0 Å². The molecule has 0 aromatic heterocycles. The highest BCUT2D eigenvalue weighted by molar-refractivity contribution is 7.98. The summed E-state index contributed by atoms with van der Waals surface area (Å²) in [4.78, 5) is 15.7. The lowest BCUT2D eigenvalue weighted by Crippen LogP contribution is -2.38. The number of aromatic carboxylic acids is 1. The van der Waals surface area contributed by atoms with E-state index in [0.717, 1.165) is 47.6 Å². The molecule has 6 nitrogen and oxygen atoms in total. The van der Waals surface area contributed by atoms with Crippen LogP contribution in [-0.4, -0.2) is 52.6 Å². The Kier molecular flexibility index (Phi) is 8.39. The number of para-hydroxylation sites is 1. The van der Waals surface area contributed by atoms with Crippen molar-refractivity contribution >= 4 is 40.1 Å². The van der Waals surface area contributed by atoms with Crippen molar-refractivity contribution in [3.8, 4) is 16.9 Å². The van der Waals surface area contributed by atoms with Gasteiger partial charge in [-0.25, -0.2) is 13.3 Å². The number of carboxylic acid groups (broad SMARTS) is 1. The summed E-state index contributed by atoms with van der Waals surface area (Å²) in [6.07, 6.45) is 5.09. The summed E-state index contributed by atoms with van der Waals surface area (Å²) in [5.41, 5.74) is 3.62. The first-order valence-electron chi connectivity index (χ1n) is 12.0. The Balaban J connectivity index is 1.95. The largest absolute Gasteiger partial charge is 0.496 e. The minimum absolute atomic E-state index is 0.115. The molecule has 0 fully saturated rings. The van der Waals surface area contributed by atoms with Gasteiger partial charge < -0.3 is 14.7 Å². The number of hydrogen-bond donors (Lipinski definition) is 1. The van der Waals surface area contributed by atoms with Crippen LogP contribution >= 0.6 is 11.8 Å². The quantitative estimate of drug-likeness (QED) is 0.342. The average Bonchev–Trinajstić information content (AvgIpc) is 3.01. The molecule has 1 aliphatic heterocycles. The monoisotopic (exact) mass is 524 g/mol. The Bertz CT molecular complexity index is 1270. The van der Waals surface area contributed by atoms with Crippen LogP contribution in [0.4, 0.5) is 11.4 Å². The fourth-order valence-corrected chi connectivity index (χ4v) is 6.55. The van der Waals surface area contributed by atoms with Crippen LogP contribution in [0, 0.1) is 0 Å². The second kappa shape index (κ2) is 11.5. The van der Waals surface area contributed by atoms with Gasteiger partial charge in [0.15, 0.2) is 0 Å². The van der Waals surface area contributed by atoms with Crippen LogP contribution in [0.5, 0.6) is 5.75 Å². The normalized spacial score (nSPS) is 17.9. The van der Waals surface area contributed by atoms with Crippen molar-refractivity contribution < 1.29 is 18.8 Å². The zero-order valence-corrected chi connectivity index (χ0v) is 22.7. The maximum Gasteiger partial charge on any atom is 0.335 e. The first-order valence-corrected chi connectivity index (χ1v) is 14.3. The number of unbranched alkanes of at least 4 members (excludes halogenated alkanes) is 1. The van der Waals surface area contributed by atoms with Gasteiger partial charge in [-0.15, -0.1) is 11.8 Å². The molecular formula is C28H32N2O4S2.